The number of carbonyl (C=O) groups excluding carboxylic acids is 1. The number of likely N-dealkylation sites (tertiary alicyclic amines) is 1. The molecule has 2 aromatic carbocycles. The minimum absolute atomic E-state index is 0.141. The van der Waals surface area contributed by atoms with E-state index in [2.05, 4.69) is 25.3 Å². The lowest BCUT2D eigenvalue weighted by Gasteiger charge is -2.37. The van der Waals surface area contributed by atoms with Gasteiger partial charge >= 0.3 is 6.03 Å². The molecule has 1 unspecified atom stereocenters. The van der Waals surface area contributed by atoms with Crippen molar-refractivity contribution in [3.63, 3.8) is 0 Å². The fourth-order valence-electron chi connectivity index (χ4n) is 5.13. The minimum Gasteiger partial charge on any atom is -0.390 e. The highest BCUT2D eigenvalue weighted by atomic mass is 16.5. The molecule has 0 spiro atoms. The van der Waals surface area contributed by atoms with Gasteiger partial charge in [0, 0.05) is 77.6 Å². The van der Waals surface area contributed by atoms with Gasteiger partial charge in [0.05, 0.1) is 18.4 Å². The molecule has 0 aromatic heterocycles. The molecule has 0 saturated carbocycles. The summed E-state index contributed by atoms with van der Waals surface area (Å²) in [4.78, 5) is 19.8. The van der Waals surface area contributed by atoms with Crippen LogP contribution in [0.3, 0.4) is 0 Å². The standard InChI is InChI=1S/C28H41N5O3/c1-36-20-19-31-15-17-33(18-16-31)22-25(34)21-32-13-11-24(12-14-32)29-28(35)30-27-10-6-5-9-26(27)23-7-3-2-4-8-23/h2-10,24-25,34H,11-22H2,1H3,(H2,29,30,35). The number of carbonyl (C=O) groups is 1. The molecule has 2 aliphatic heterocycles. The van der Waals surface area contributed by atoms with E-state index in [1.54, 1.807) is 7.11 Å². The lowest BCUT2D eigenvalue weighted by molar-refractivity contribution is 0.0393. The number of piperidine rings is 1. The predicted octanol–water partition coefficient (Wildman–Crippen LogP) is 2.56. The first kappa shape index (κ1) is 26.6. The van der Waals surface area contributed by atoms with Gasteiger partial charge in [0.1, 0.15) is 0 Å². The van der Waals surface area contributed by atoms with E-state index < -0.39 is 0 Å². The molecular weight excluding hydrogens is 454 g/mol. The van der Waals surface area contributed by atoms with Crippen molar-refractivity contribution in [3.8, 4) is 11.1 Å². The summed E-state index contributed by atoms with van der Waals surface area (Å²) in [6.07, 6.45) is 1.43. The smallest absolute Gasteiger partial charge is 0.319 e. The first-order valence-corrected chi connectivity index (χ1v) is 13.2. The van der Waals surface area contributed by atoms with Crippen LogP contribution in [0.4, 0.5) is 10.5 Å². The van der Waals surface area contributed by atoms with Gasteiger partial charge < -0.3 is 25.4 Å². The van der Waals surface area contributed by atoms with Crippen molar-refractivity contribution < 1.29 is 14.6 Å². The van der Waals surface area contributed by atoms with Gasteiger partial charge in [-0.25, -0.2) is 4.79 Å². The first-order chi connectivity index (χ1) is 17.6. The molecule has 2 fully saturated rings. The van der Waals surface area contributed by atoms with Crippen molar-refractivity contribution in [1.29, 1.82) is 0 Å². The summed E-state index contributed by atoms with van der Waals surface area (Å²) in [6.45, 7) is 8.98. The maximum atomic E-state index is 12.7. The number of amides is 2. The molecule has 2 aromatic rings. The molecule has 4 rings (SSSR count). The second-order valence-electron chi connectivity index (χ2n) is 9.87. The topological polar surface area (TPSA) is 80.3 Å². The van der Waals surface area contributed by atoms with Crippen LogP contribution in [-0.4, -0.2) is 111 Å². The third kappa shape index (κ3) is 8.01. The van der Waals surface area contributed by atoms with Crippen molar-refractivity contribution >= 4 is 11.7 Å². The number of rotatable bonds is 10. The third-order valence-electron chi connectivity index (χ3n) is 7.20. The molecule has 0 aliphatic carbocycles. The number of nitrogens with zero attached hydrogens (tertiary/aromatic N) is 3. The zero-order valence-electron chi connectivity index (χ0n) is 21.4. The molecule has 1 atom stereocenters. The van der Waals surface area contributed by atoms with E-state index in [0.29, 0.717) is 6.54 Å². The summed E-state index contributed by atoms with van der Waals surface area (Å²) in [5, 5.41) is 16.8. The molecule has 0 radical (unpaired) electrons. The summed E-state index contributed by atoms with van der Waals surface area (Å²) < 4.78 is 5.17. The molecule has 3 N–H and O–H groups in total. The Bertz CT molecular complexity index is 928. The van der Waals surface area contributed by atoms with Crippen LogP contribution in [0.15, 0.2) is 54.6 Å². The van der Waals surface area contributed by atoms with Gasteiger partial charge in [-0.1, -0.05) is 48.5 Å². The van der Waals surface area contributed by atoms with Gasteiger partial charge in [-0.15, -0.1) is 0 Å². The second kappa shape index (κ2) is 13.7. The Morgan fingerprint density at radius 3 is 2.22 bits per heavy atom. The molecule has 8 nitrogen and oxygen atoms in total. The average molecular weight is 496 g/mol. The van der Waals surface area contributed by atoms with E-state index >= 15 is 0 Å². The van der Waals surface area contributed by atoms with Gasteiger partial charge in [0.15, 0.2) is 0 Å². The summed E-state index contributed by atoms with van der Waals surface area (Å²) in [7, 11) is 1.74. The first-order valence-electron chi connectivity index (χ1n) is 13.2. The number of hydrogen-bond acceptors (Lipinski definition) is 6. The Labute approximate surface area is 215 Å². The zero-order chi connectivity index (χ0) is 25.2. The van der Waals surface area contributed by atoms with Crippen LogP contribution < -0.4 is 10.6 Å². The Morgan fingerprint density at radius 1 is 0.917 bits per heavy atom. The van der Waals surface area contributed by atoms with E-state index in [4.69, 9.17) is 4.74 Å². The zero-order valence-corrected chi connectivity index (χ0v) is 21.4. The van der Waals surface area contributed by atoms with Crippen molar-refractivity contribution in [3.05, 3.63) is 54.6 Å². The normalized spacial score (nSPS) is 19.2. The number of methoxy groups -OCH3 is 1. The fourth-order valence-corrected chi connectivity index (χ4v) is 5.13. The number of para-hydroxylation sites is 1. The molecular formula is C28H41N5O3. The highest BCUT2D eigenvalue weighted by Gasteiger charge is 2.24. The number of benzene rings is 2. The van der Waals surface area contributed by atoms with Gasteiger partial charge in [-0.2, -0.15) is 0 Å². The van der Waals surface area contributed by atoms with Crippen molar-refractivity contribution in [2.75, 3.05) is 77.9 Å². The number of anilines is 1. The molecule has 196 valence electrons. The van der Waals surface area contributed by atoms with Crippen LogP contribution in [0.5, 0.6) is 0 Å². The predicted molar refractivity (Wildman–Crippen MR) is 144 cm³/mol. The number of urea groups is 1. The molecule has 2 saturated heterocycles. The van der Waals surface area contributed by atoms with E-state index in [9.17, 15) is 9.90 Å². The van der Waals surface area contributed by atoms with Crippen LogP contribution in [0.2, 0.25) is 0 Å². The third-order valence-corrected chi connectivity index (χ3v) is 7.20. The number of aliphatic hydroxyl groups is 1. The SMILES string of the molecule is COCCN1CCN(CC(O)CN2CCC(NC(=O)Nc3ccccc3-c3ccccc3)CC2)CC1. The molecule has 2 amide bonds. The summed E-state index contributed by atoms with van der Waals surface area (Å²) in [6, 6.07) is 17.9. The number of nitrogens with one attached hydrogen (secondary N) is 2. The Hall–Kier alpha value is -2.49. The highest BCUT2D eigenvalue weighted by molar-refractivity contribution is 5.94. The van der Waals surface area contributed by atoms with Crippen molar-refractivity contribution in [2.24, 2.45) is 0 Å². The molecule has 2 heterocycles. The minimum atomic E-state index is -0.349. The van der Waals surface area contributed by atoms with Crippen LogP contribution in [0, 0.1) is 0 Å². The monoisotopic (exact) mass is 495 g/mol. The highest BCUT2D eigenvalue weighted by Crippen LogP contribution is 2.27. The maximum absolute atomic E-state index is 12.7. The summed E-state index contributed by atoms with van der Waals surface area (Å²) in [5.41, 5.74) is 2.89. The lowest BCUT2D eigenvalue weighted by Crippen LogP contribution is -2.51. The van der Waals surface area contributed by atoms with E-state index in [0.717, 1.165) is 88.6 Å². The van der Waals surface area contributed by atoms with Crippen LogP contribution in [0.25, 0.3) is 11.1 Å². The fraction of sp³-hybridized carbons (Fsp3) is 0.536. The maximum Gasteiger partial charge on any atom is 0.319 e. The van der Waals surface area contributed by atoms with Crippen LogP contribution >= 0.6 is 0 Å². The van der Waals surface area contributed by atoms with Gasteiger partial charge in [0.2, 0.25) is 0 Å². The number of ether oxygens (including phenoxy) is 1. The molecule has 0 bridgehead atoms. The summed E-state index contributed by atoms with van der Waals surface area (Å²) in [5.74, 6) is 0. The second-order valence-corrected chi connectivity index (χ2v) is 9.87. The summed E-state index contributed by atoms with van der Waals surface area (Å²) >= 11 is 0. The number of β-amino-alcohol motifs (C(OH)–C–C–N with tert-alkyl or cyclic N) is 1. The van der Waals surface area contributed by atoms with Crippen LogP contribution in [0.1, 0.15) is 12.8 Å². The number of hydrogen-bond donors (Lipinski definition) is 3. The van der Waals surface area contributed by atoms with Crippen molar-refractivity contribution in [2.45, 2.75) is 25.0 Å². The molecule has 2 aliphatic rings. The lowest BCUT2D eigenvalue weighted by atomic mass is 10.0. The Kier molecular flexibility index (Phi) is 10.1. The Morgan fingerprint density at radius 2 is 1.53 bits per heavy atom. The van der Waals surface area contributed by atoms with E-state index in [1.165, 1.54) is 0 Å². The molecule has 36 heavy (non-hydrogen) atoms. The largest absolute Gasteiger partial charge is 0.390 e. The van der Waals surface area contributed by atoms with Crippen LogP contribution in [-0.2, 0) is 4.74 Å². The Balaban J connectivity index is 1.16. The number of aliphatic hydroxyl groups excluding tert-OH is 1. The van der Waals surface area contributed by atoms with E-state index in [1.807, 2.05) is 54.6 Å². The van der Waals surface area contributed by atoms with Gasteiger partial charge in [-0.05, 0) is 24.5 Å². The van der Waals surface area contributed by atoms with Gasteiger partial charge in [-0.3, -0.25) is 9.80 Å². The quantitative estimate of drug-likeness (QED) is 0.470. The van der Waals surface area contributed by atoms with Crippen molar-refractivity contribution in [1.82, 2.24) is 20.0 Å². The molecule has 8 heteroatoms. The average Bonchev–Trinajstić information content (AvgIpc) is 2.90. The van der Waals surface area contributed by atoms with Gasteiger partial charge in [0.25, 0.3) is 0 Å². The van der Waals surface area contributed by atoms with E-state index in [-0.39, 0.29) is 18.2 Å². The number of piperazine rings is 1.